The second-order valence-electron chi connectivity index (χ2n) is 3.09. The Labute approximate surface area is 75.8 Å². The van der Waals surface area contributed by atoms with Crippen LogP contribution >= 0.6 is 0 Å². The maximum absolute atomic E-state index is 11.2. The molecule has 13 heavy (non-hydrogen) atoms. The summed E-state index contributed by atoms with van der Waals surface area (Å²) in [5, 5.41) is 8.88. The van der Waals surface area contributed by atoms with E-state index >= 15 is 0 Å². The van der Waals surface area contributed by atoms with Crippen molar-refractivity contribution in [2.45, 2.75) is 26.5 Å². The number of hydrogen-bond acceptors (Lipinski definition) is 4. The number of rotatable bonds is 2. The zero-order valence-corrected chi connectivity index (χ0v) is 7.69. The lowest BCUT2D eigenvalue weighted by molar-refractivity contribution is 0.280. The van der Waals surface area contributed by atoms with Crippen molar-refractivity contribution in [3.8, 4) is 0 Å². The standard InChI is InChI=1S/C8H13N3O2/c1-5(2)11-3-6(4-12)7(9)10-8(11)13/h3,5,12H,4H2,1-2H3,(H2,9,10,13). The molecule has 0 bridgehead atoms. The van der Waals surface area contributed by atoms with E-state index in [1.165, 1.54) is 10.8 Å². The highest BCUT2D eigenvalue weighted by atomic mass is 16.3. The van der Waals surface area contributed by atoms with E-state index in [-0.39, 0.29) is 24.2 Å². The molecule has 0 unspecified atom stereocenters. The molecule has 5 nitrogen and oxygen atoms in total. The molecule has 0 radical (unpaired) electrons. The van der Waals surface area contributed by atoms with Gasteiger partial charge in [-0.25, -0.2) is 4.79 Å². The number of aliphatic hydroxyl groups excluding tert-OH is 1. The molecule has 0 atom stereocenters. The van der Waals surface area contributed by atoms with Gasteiger partial charge < -0.3 is 10.8 Å². The summed E-state index contributed by atoms with van der Waals surface area (Å²) in [6.07, 6.45) is 1.54. The minimum absolute atomic E-state index is 0.0194. The molecule has 0 aliphatic rings. The normalized spacial score (nSPS) is 10.8. The monoisotopic (exact) mass is 183 g/mol. The molecule has 1 rings (SSSR count). The quantitative estimate of drug-likeness (QED) is 0.670. The maximum atomic E-state index is 11.2. The van der Waals surface area contributed by atoms with Crippen LogP contribution in [0.5, 0.6) is 0 Å². The summed E-state index contributed by atoms with van der Waals surface area (Å²) in [4.78, 5) is 14.8. The predicted octanol–water partition coefficient (Wildman–Crippen LogP) is -0.101. The van der Waals surface area contributed by atoms with E-state index in [0.717, 1.165) is 0 Å². The van der Waals surface area contributed by atoms with Crippen molar-refractivity contribution in [2.75, 3.05) is 5.73 Å². The van der Waals surface area contributed by atoms with Gasteiger partial charge in [-0.05, 0) is 13.8 Å². The van der Waals surface area contributed by atoms with Gasteiger partial charge in [-0.15, -0.1) is 0 Å². The average molecular weight is 183 g/mol. The van der Waals surface area contributed by atoms with Crippen molar-refractivity contribution in [3.63, 3.8) is 0 Å². The van der Waals surface area contributed by atoms with E-state index in [1.807, 2.05) is 13.8 Å². The average Bonchev–Trinajstić information content (AvgIpc) is 2.03. The highest BCUT2D eigenvalue weighted by Gasteiger charge is 2.06. The molecule has 0 aliphatic heterocycles. The predicted molar refractivity (Wildman–Crippen MR) is 49.2 cm³/mol. The van der Waals surface area contributed by atoms with Gasteiger partial charge in [0, 0.05) is 17.8 Å². The third-order valence-electron chi connectivity index (χ3n) is 1.79. The van der Waals surface area contributed by atoms with Gasteiger partial charge in [0.2, 0.25) is 0 Å². The minimum atomic E-state index is -0.385. The van der Waals surface area contributed by atoms with Gasteiger partial charge in [-0.2, -0.15) is 4.98 Å². The van der Waals surface area contributed by atoms with Crippen molar-refractivity contribution >= 4 is 5.82 Å². The van der Waals surface area contributed by atoms with Crippen molar-refractivity contribution in [1.29, 1.82) is 0 Å². The second kappa shape index (κ2) is 3.57. The molecule has 0 aromatic carbocycles. The second-order valence-corrected chi connectivity index (χ2v) is 3.09. The first-order valence-electron chi connectivity index (χ1n) is 4.04. The Morgan fingerprint density at radius 2 is 2.31 bits per heavy atom. The van der Waals surface area contributed by atoms with Gasteiger partial charge in [0.25, 0.3) is 0 Å². The van der Waals surface area contributed by atoms with Crippen LogP contribution in [0.2, 0.25) is 0 Å². The van der Waals surface area contributed by atoms with Gasteiger partial charge in [0.15, 0.2) is 0 Å². The first-order chi connectivity index (χ1) is 6.06. The smallest absolute Gasteiger partial charge is 0.349 e. The van der Waals surface area contributed by atoms with Crippen LogP contribution in [0.25, 0.3) is 0 Å². The lowest BCUT2D eigenvalue weighted by atomic mass is 10.3. The van der Waals surface area contributed by atoms with Gasteiger partial charge >= 0.3 is 5.69 Å². The zero-order chi connectivity index (χ0) is 10.0. The number of aliphatic hydroxyl groups is 1. The number of aromatic nitrogens is 2. The van der Waals surface area contributed by atoms with Crippen molar-refractivity contribution < 1.29 is 5.11 Å². The number of nitrogen functional groups attached to an aromatic ring is 1. The van der Waals surface area contributed by atoms with Crippen LogP contribution in [0.4, 0.5) is 5.82 Å². The first-order valence-corrected chi connectivity index (χ1v) is 4.04. The summed E-state index contributed by atoms with van der Waals surface area (Å²) >= 11 is 0. The van der Waals surface area contributed by atoms with Crippen LogP contribution < -0.4 is 11.4 Å². The van der Waals surface area contributed by atoms with Gasteiger partial charge in [-0.1, -0.05) is 0 Å². The zero-order valence-electron chi connectivity index (χ0n) is 7.69. The largest absolute Gasteiger partial charge is 0.391 e. The Bertz CT molecular complexity index is 357. The van der Waals surface area contributed by atoms with E-state index in [2.05, 4.69) is 4.98 Å². The third-order valence-corrected chi connectivity index (χ3v) is 1.79. The number of anilines is 1. The molecule has 0 aliphatic carbocycles. The van der Waals surface area contributed by atoms with Crippen LogP contribution in [-0.2, 0) is 6.61 Å². The lowest BCUT2D eigenvalue weighted by Gasteiger charge is -2.10. The highest BCUT2D eigenvalue weighted by Crippen LogP contribution is 2.07. The van der Waals surface area contributed by atoms with Crippen LogP contribution in [0.1, 0.15) is 25.5 Å². The summed E-state index contributed by atoms with van der Waals surface area (Å²) < 4.78 is 1.43. The van der Waals surface area contributed by atoms with Crippen LogP contribution in [-0.4, -0.2) is 14.7 Å². The van der Waals surface area contributed by atoms with Crippen LogP contribution in [0, 0.1) is 0 Å². The summed E-state index contributed by atoms with van der Waals surface area (Å²) in [5.41, 5.74) is 5.51. The van der Waals surface area contributed by atoms with Gasteiger partial charge in [0.1, 0.15) is 5.82 Å². The third kappa shape index (κ3) is 1.86. The van der Waals surface area contributed by atoms with Crippen LogP contribution in [0.3, 0.4) is 0 Å². The molecule has 5 heteroatoms. The fraction of sp³-hybridized carbons (Fsp3) is 0.500. The fourth-order valence-electron chi connectivity index (χ4n) is 1.01. The Hall–Kier alpha value is -1.36. The molecule has 0 spiro atoms. The van der Waals surface area contributed by atoms with Crippen LogP contribution in [0.15, 0.2) is 11.0 Å². The molecule has 1 heterocycles. The topological polar surface area (TPSA) is 81.1 Å². The molecule has 0 saturated heterocycles. The Balaban J connectivity index is 3.31. The number of nitrogens with two attached hydrogens (primary N) is 1. The molecule has 1 aromatic heterocycles. The fourth-order valence-corrected chi connectivity index (χ4v) is 1.01. The SMILES string of the molecule is CC(C)n1cc(CO)c(N)nc1=O. The van der Waals surface area contributed by atoms with Gasteiger partial charge in [0.05, 0.1) is 6.61 Å². The van der Waals surface area contributed by atoms with E-state index in [4.69, 9.17) is 10.8 Å². The summed E-state index contributed by atoms with van der Waals surface area (Å²) in [6, 6.07) is 0.0194. The minimum Gasteiger partial charge on any atom is -0.391 e. The van der Waals surface area contributed by atoms with Gasteiger partial charge in [-0.3, -0.25) is 4.57 Å². The molecule has 72 valence electrons. The Kier molecular flexibility index (Phi) is 2.67. The molecule has 3 N–H and O–H groups in total. The molecule has 0 saturated carbocycles. The van der Waals surface area contributed by atoms with Crippen molar-refractivity contribution in [1.82, 2.24) is 9.55 Å². The van der Waals surface area contributed by atoms with Crippen molar-refractivity contribution in [3.05, 3.63) is 22.2 Å². The molecule has 0 amide bonds. The summed E-state index contributed by atoms with van der Waals surface area (Å²) in [7, 11) is 0. The highest BCUT2D eigenvalue weighted by molar-refractivity contribution is 5.35. The summed E-state index contributed by atoms with van der Waals surface area (Å²) in [6.45, 7) is 3.52. The molecular weight excluding hydrogens is 170 g/mol. The number of nitrogens with zero attached hydrogens (tertiary/aromatic N) is 2. The van der Waals surface area contributed by atoms with E-state index in [9.17, 15) is 4.79 Å². The number of hydrogen-bond donors (Lipinski definition) is 2. The molecule has 1 aromatic rings. The molecule has 0 fully saturated rings. The van der Waals surface area contributed by atoms with Crippen molar-refractivity contribution in [2.24, 2.45) is 0 Å². The Morgan fingerprint density at radius 3 is 2.77 bits per heavy atom. The van der Waals surface area contributed by atoms with E-state index < -0.39 is 0 Å². The summed E-state index contributed by atoms with van der Waals surface area (Å²) in [5.74, 6) is 0.101. The van der Waals surface area contributed by atoms with E-state index in [0.29, 0.717) is 5.56 Å². The van der Waals surface area contributed by atoms with E-state index in [1.54, 1.807) is 0 Å². The lowest BCUT2D eigenvalue weighted by Crippen LogP contribution is -2.26. The Morgan fingerprint density at radius 1 is 1.69 bits per heavy atom. The first kappa shape index (κ1) is 9.73. The maximum Gasteiger partial charge on any atom is 0.349 e. The molecular formula is C8H13N3O2.